The quantitative estimate of drug-likeness (QED) is 0.190. The molecular weight excluding hydrogens is 456 g/mol. The summed E-state index contributed by atoms with van der Waals surface area (Å²) in [7, 11) is 0. The maximum absolute atomic E-state index is 12.5. The number of allylic oxidation sites excluding steroid dienone is 1. The largest absolute Gasteiger partial charge is 1.00 e. The Bertz CT molecular complexity index is 671. The van der Waals surface area contributed by atoms with Gasteiger partial charge in [0, 0.05) is 12.5 Å². The van der Waals surface area contributed by atoms with Crippen molar-refractivity contribution in [1.82, 2.24) is 4.90 Å². The van der Waals surface area contributed by atoms with Gasteiger partial charge in [0.05, 0.1) is 39.3 Å². The molecule has 5 nitrogen and oxygen atoms in total. The van der Waals surface area contributed by atoms with Crippen LogP contribution in [0.3, 0.4) is 0 Å². The van der Waals surface area contributed by atoms with Crippen molar-refractivity contribution in [3.8, 4) is 0 Å². The van der Waals surface area contributed by atoms with Gasteiger partial charge in [-0.1, -0.05) is 55.7 Å². The fourth-order valence-electron chi connectivity index (χ4n) is 4.07. The summed E-state index contributed by atoms with van der Waals surface area (Å²) in [4.78, 5) is 25.2. The van der Waals surface area contributed by atoms with Gasteiger partial charge in [0.25, 0.3) is 0 Å². The van der Waals surface area contributed by atoms with E-state index in [1.54, 1.807) is 6.08 Å². The number of esters is 1. The van der Waals surface area contributed by atoms with E-state index in [4.69, 9.17) is 4.74 Å². The third-order valence-corrected chi connectivity index (χ3v) is 6.11. The summed E-state index contributed by atoms with van der Waals surface area (Å²) in [6.45, 7) is 10.1. The van der Waals surface area contributed by atoms with Gasteiger partial charge >= 0.3 is 5.97 Å². The van der Waals surface area contributed by atoms with Gasteiger partial charge in [-0.05, 0) is 32.3 Å². The zero-order valence-corrected chi connectivity index (χ0v) is 20.8. The van der Waals surface area contributed by atoms with Crippen molar-refractivity contribution in [3.05, 3.63) is 48.0 Å². The predicted molar refractivity (Wildman–Crippen MR) is 121 cm³/mol. The molecule has 0 bridgehead atoms. The Balaban J connectivity index is 0.00000480. The molecule has 1 aliphatic heterocycles. The second-order valence-electron chi connectivity index (χ2n) is 8.37. The van der Waals surface area contributed by atoms with Crippen LogP contribution in [0.4, 0.5) is 0 Å². The van der Waals surface area contributed by atoms with Crippen LogP contribution in [-0.4, -0.2) is 60.6 Å². The number of amides is 1. The van der Waals surface area contributed by atoms with Crippen LogP contribution in [0, 0.1) is 0 Å². The normalized spacial score (nSPS) is 15.5. The van der Waals surface area contributed by atoms with Crippen molar-refractivity contribution >= 4 is 11.9 Å². The first kappa shape index (κ1) is 27.4. The number of unbranched alkanes of at least 4 members (excludes halogenated alkanes) is 5. The van der Waals surface area contributed by atoms with Crippen LogP contribution in [0.15, 0.2) is 42.5 Å². The molecule has 2 rings (SSSR count). The monoisotopic (exact) mass is 494 g/mol. The third-order valence-electron chi connectivity index (χ3n) is 6.11. The molecule has 0 unspecified atom stereocenters. The Kier molecular flexibility index (Phi) is 13.4. The molecule has 0 N–H and O–H groups in total. The highest BCUT2D eigenvalue weighted by Gasteiger charge is 2.32. The number of carbonyl (C=O) groups excluding carboxylic acids is 2. The lowest BCUT2D eigenvalue weighted by Gasteiger charge is -2.44. The van der Waals surface area contributed by atoms with Crippen LogP contribution in [0.1, 0.15) is 57.9 Å². The topological polar surface area (TPSA) is 46.6 Å². The first-order valence-electron chi connectivity index (χ1n) is 11.5. The number of likely N-dealkylation sites (N-methyl/N-ethyl adjacent to an activating group) is 1. The number of ether oxygens (including phenoxy) is 1. The average Bonchev–Trinajstić information content (AvgIpc) is 2.76. The van der Waals surface area contributed by atoms with E-state index in [1.807, 2.05) is 11.0 Å². The van der Waals surface area contributed by atoms with Gasteiger partial charge in [-0.15, -0.1) is 0 Å². The SMILES string of the molecule is CC[N+]1(Cc2ccccc2)CCN(C(=O)/C=C/CCCCCCCOC(C)=O)CC1.[Br-]. The molecule has 174 valence electrons. The van der Waals surface area contributed by atoms with E-state index in [0.29, 0.717) is 6.61 Å². The zero-order valence-electron chi connectivity index (χ0n) is 19.2. The molecule has 1 amide bonds. The smallest absolute Gasteiger partial charge is 0.302 e. The number of quaternary nitrogens is 1. The number of hydrogen-bond acceptors (Lipinski definition) is 3. The van der Waals surface area contributed by atoms with Crippen LogP contribution in [0.25, 0.3) is 0 Å². The summed E-state index contributed by atoms with van der Waals surface area (Å²) < 4.78 is 5.99. The highest BCUT2D eigenvalue weighted by atomic mass is 79.9. The zero-order chi connectivity index (χ0) is 21.7. The molecule has 1 aromatic carbocycles. The van der Waals surface area contributed by atoms with Crippen molar-refractivity contribution in [3.63, 3.8) is 0 Å². The number of carbonyl (C=O) groups is 2. The van der Waals surface area contributed by atoms with Gasteiger partial charge in [0.1, 0.15) is 6.54 Å². The number of hydrogen-bond donors (Lipinski definition) is 0. The highest BCUT2D eigenvalue weighted by molar-refractivity contribution is 5.87. The molecule has 0 aromatic heterocycles. The molecule has 31 heavy (non-hydrogen) atoms. The Morgan fingerprint density at radius 1 is 1.03 bits per heavy atom. The fourth-order valence-corrected chi connectivity index (χ4v) is 4.07. The number of nitrogens with zero attached hydrogens (tertiary/aromatic N) is 2. The molecule has 1 heterocycles. The van der Waals surface area contributed by atoms with Gasteiger partial charge in [-0.25, -0.2) is 0 Å². The minimum atomic E-state index is -0.200. The van der Waals surface area contributed by atoms with E-state index in [0.717, 1.165) is 82.3 Å². The molecule has 1 aliphatic rings. The van der Waals surface area contributed by atoms with Crippen molar-refractivity contribution in [2.45, 2.75) is 58.9 Å². The Morgan fingerprint density at radius 3 is 2.32 bits per heavy atom. The highest BCUT2D eigenvalue weighted by Crippen LogP contribution is 2.18. The number of halogens is 1. The van der Waals surface area contributed by atoms with E-state index in [1.165, 1.54) is 12.5 Å². The fraction of sp³-hybridized carbons (Fsp3) is 0.600. The third kappa shape index (κ3) is 10.5. The van der Waals surface area contributed by atoms with Gasteiger partial charge in [0.2, 0.25) is 5.91 Å². The predicted octanol–water partition coefficient (Wildman–Crippen LogP) is 1.33. The average molecular weight is 496 g/mol. The molecule has 0 radical (unpaired) electrons. The molecule has 0 saturated carbocycles. The molecule has 1 fully saturated rings. The Morgan fingerprint density at radius 2 is 1.68 bits per heavy atom. The molecule has 0 aliphatic carbocycles. The first-order valence-corrected chi connectivity index (χ1v) is 11.5. The van der Waals surface area contributed by atoms with E-state index < -0.39 is 0 Å². The van der Waals surface area contributed by atoms with Crippen LogP contribution in [0.5, 0.6) is 0 Å². The summed E-state index contributed by atoms with van der Waals surface area (Å²) >= 11 is 0. The van der Waals surface area contributed by atoms with E-state index in [9.17, 15) is 9.59 Å². The van der Waals surface area contributed by atoms with Gasteiger partial charge in [-0.2, -0.15) is 0 Å². The summed E-state index contributed by atoms with van der Waals surface area (Å²) in [6, 6.07) is 10.7. The summed E-state index contributed by atoms with van der Waals surface area (Å²) in [5.41, 5.74) is 1.38. The minimum Gasteiger partial charge on any atom is -1.00 e. The number of piperazine rings is 1. The Labute approximate surface area is 198 Å². The molecule has 1 aromatic rings. The van der Waals surface area contributed by atoms with Crippen LogP contribution in [-0.2, 0) is 20.9 Å². The lowest BCUT2D eigenvalue weighted by atomic mass is 10.1. The summed E-state index contributed by atoms with van der Waals surface area (Å²) in [5.74, 6) is -0.0426. The number of rotatable bonds is 12. The van der Waals surface area contributed by atoms with Crippen LogP contribution < -0.4 is 17.0 Å². The van der Waals surface area contributed by atoms with Gasteiger partial charge in [-0.3, -0.25) is 9.59 Å². The van der Waals surface area contributed by atoms with Crippen LogP contribution >= 0.6 is 0 Å². The second-order valence-corrected chi connectivity index (χ2v) is 8.37. The maximum atomic E-state index is 12.5. The van der Waals surface area contributed by atoms with E-state index in [2.05, 4.69) is 37.3 Å². The standard InChI is InChI=1S/C25H39N2O3.BrH/c1-3-27(22-24-14-10-9-11-15-24)19-17-26(18-20-27)25(29)16-12-7-5-4-6-8-13-21-30-23(2)28;/h9-12,14-16H,3-8,13,17-22H2,1-2H3;1H/q+1;/p-1/b16-12+;. The lowest BCUT2D eigenvalue weighted by Crippen LogP contribution is -3.00. The molecule has 0 spiro atoms. The molecular formula is C25H39BrN2O3. The molecule has 1 saturated heterocycles. The van der Waals surface area contributed by atoms with Crippen molar-refractivity contribution in [2.75, 3.05) is 39.3 Å². The van der Waals surface area contributed by atoms with Gasteiger partial charge in [0.15, 0.2) is 0 Å². The Hall–Kier alpha value is -1.66. The lowest BCUT2D eigenvalue weighted by molar-refractivity contribution is -0.942. The van der Waals surface area contributed by atoms with Gasteiger partial charge < -0.3 is 31.1 Å². The van der Waals surface area contributed by atoms with Crippen molar-refractivity contribution < 1.29 is 35.8 Å². The maximum Gasteiger partial charge on any atom is 0.302 e. The molecule has 0 atom stereocenters. The summed E-state index contributed by atoms with van der Waals surface area (Å²) in [5, 5.41) is 0. The second kappa shape index (κ2) is 15.2. The minimum absolute atomic E-state index is 0. The first-order chi connectivity index (χ1) is 14.5. The van der Waals surface area contributed by atoms with Crippen LogP contribution in [0.2, 0.25) is 0 Å². The molecule has 6 heteroatoms. The van der Waals surface area contributed by atoms with E-state index in [-0.39, 0.29) is 28.9 Å². The van der Waals surface area contributed by atoms with Crippen molar-refractivity contribution in [2.24, 2.45) is 0 Å². The van der Waals surface area contributed by atoms with E-state index >= 15 is 0 Å². The summed E-state index contributed by atoms with van der Waals surface area (Å²) in [6.07, 6.45) is 10.2. The van der Waals surface area contributed by atoms with Crippen molar-refractivity contribution in [1.29, 1.82) is 0 Å². The number of benzene rings is 1.